The van der Waals surface area contributed by atoms with Gasteiger partial charge in [0.15, 0.2) is 5.82 Å². The van der Waals surface area contributed by atoms with Crippen molar-refractivity contribution in [2.45, 2.75) is 97.6 Å². The summed E-state index contributed by atoms with van der Waals surface area (Å²) in [4.78, 5) is 77.6. The molecule has 3 amide bonds. The van der Waals surface area contributed by atoms with Gasteiger partial charge >= 0.3 is 11.7 Å². The lowest BCUT2D eigenvalue weighted by Gasteiger charge is -2.35. The number of hydrogen-bond donors (Lipinski definition) is 5. The van der Waals surface area contributed by atoms with Crippen molar-refractivity contribution in [2.75, 3.05) is 23.2 Å². The molecule has 402 valence electrons. The maximum absolute atomic E-state index is 14.1. The van der Waals surface area contributed by atoms with E-state index in [0.717, 1.165) is 27.8 Å². The Hall–Kier alpha value is -7.66. The van der Waals surface area contributed by atoms with E-state index in [1.54, 1.807) is 21.0 Å². The van der Waals surface area contributed by atoms with Crippen molar-refractivity contribution in [1.29, 1.82) is 0 Å². The number of nitrogens with one attached hydrogen (secondary N) is 4. The van der Waals surface area contributed by atoms with Gasteiger partial charge in [0.1, 0.15) is 41.4 Å². The number of halogens is 3. The number of ether oxygens (including phenoxy) is 2. The van der Waals surface area contributed by atoms with Crippen molar-refractivity contribution in [3.63, 3.8) is 0 Å². The maximum atomic E-state index is 14.1. The van der Waals surface area contributed by atoms with Crippen molar-refractivity contribution in [3.8, 4) is 27.4 Å². The zero-order valence-corrected chi connectivity index (χ0v) is 43.8. The Morgan fingerprint density at radius 3 is 2.32 bits per heavy atom. The largest absolute Gasteiger partial charge is 0.487 e. The Morgan fingerprint density at radius 2 is 1.66 bits per heavy atom. The molecular weight excluding hydrogens is 1030 g/mol. The van der Waals surface area contributed by atoms with Gasteiger partial charge < -0.3 is 30.7 Å². The van der Waals surface area contributed by atoms with Crippen molar-refractivity contribution in [3.05, 3.63) is 124 Å². The number of primary amides is 1. The normalized spacial score (nSPS) is 14.1. The topological polar surface area (TPSA) is 258 Å². The average molecular weight is 1090 g/mol. The van der Waals surface area contributed by atoms with Crippen LogP contribution < -0.4 is 25.8 Å². The molecule has 6 aromatic rings. The van der Waals surface area contributed by atoms with Crippen LogP contribution in [0.4, 0.5) is 30.5 Å². The van der Waals surface area contributed by atoms with Crippen LogP contribution >= 0.6 is 11.3 Å². The summed E-state index contributed by atoms with van der Waals surface area (Å²) in [5, 5.41) is 12.7. The molecule has 76 heavy (non-hydrogen) atoms. The molecule has 1 fully saturated rings. The predicted octanol–water partition coefficient (Wildman–Crippen LogP) is 9.07. The molecule has 0 bridgehead atoms. The van der Waals surface area contributed by atoms with E-state index in [1.165, 1.54) is 54.7 Å². The number of Topliss-reactive ketones (excluding diaryl/α,β-unsaturated/α-hetero) is 1. The number of thiazole rings is 1. The number of anilines is 3. The predicted molar refractivity (Wildman–Crippen MR) is 280 cm³/mol. The van der Waals surface area contributed by atoms with Crippen LogP contribution in [0.2, 0.25) is 0 Å². The van der Waals surface area contributed by atoms with E-state index in [2.05, 4.69) is 30.8 Å². The van der Waals surface area contributed by atoms with E-state index < -0.39 is 50.8 Å². The third-order valence-corrected chi connectivity index (χ3v) is 14.7. The minimum absolute atomic E-state index is 0.0239. The standard InChI is InChI=1S/C53H58F3N9O9S2/c1-31-46(75-30-60-31)34-14-10-32(11-15-34)27-59-49(68)41-9-7-24-65(41)50(69)39(53(2,3)4)21-20-38(66)8-5-6-25-73-51(70)36-17-23-43(58-28-36)61-48-44(47(57)67)45(62-63-48)35-16-22-40(64-76(71,72)52(55)56)42(26-35)74-29-33-12-18-37(54)19-13-33/h10-19,22-23,26,28,30,39,41,52,64H,5-9,20-21,24-25,27,29H2,1-4H3,(H2,57,67)(H,59,68)(H2,58,61,62,63)/t39-,41+/m1/s1. The minimum atomic E-state index is -5.12. The van der Waals surface area contributed by atoms with Crippen LogP contribution in [-0.2, 0) is 42.3 Å². The molecule has 0 saturated carbocycles. The summed E-state index contributed by atoms with van der Waals surface area (Å²) in [5.74, 6) is -6.86. The van der Waals surface area contributed by atoms with Crippen LogP contribution in [0.5, 0.6) is 5.75 Å². The number of aromatic nitrogens is 4. The molecule has 4 heterocycles. The number of aromatic amines is 1. The van der Waals surface area contributed by atoms with Crippen molar-refractivity contribution < 1.29 is 55.0 Å². The van der Waals surface area contributed by atoms with Crippen LogP contribution in [0.15, 0.2) is 90.6 Å². The molecule has 23 heteroatoms. The molecule has 0 spiro atoms. The molecule has 1 aliphatic rings. The molecule has 0 unspecified atom stereocenters. The zero-order valence-electron chi connectivity index (χ0n) is 42.2. The van der Waals surface area contributed by atoms with Gasteiger partial charge in [0.05, 0.1) is 39.6 Å². The molecule has 3 aromatic carbocycles. The van der Waals surface area contributed by atoms with E-state index >= 15 is 0 Å². The second-order valence-electron chi connectivity index (χ2n) is 19.2. The summed E-state index contributed by atoms with van der Waals surface area (Å²) in [6.45, 7) is 8.47. The lowest BCUT2D eigenvalue weighted by Crippen LogP contribution is -2.49. The Bertz CT molecular complexity index is 3150. The summed E-state index contributed by atoms with van der Waals surface area (Å²) < 4.78 is 77.1. The minimum Gasteiger partial charge on any atom is -0.487 e. The number of rotatable bonds is 24. The van der Waals surface area contributed by atoms with Gasteiger partial charge in [-0.15, -0.1) is 11.3 Å². The average Bonchev–Trinajstić information content (AvgIpc) is 4.17. The Balaban J connectivity index is 0.869. The third-order valence-electron chi connectivity index (χ3n) is 12.7. The van der Waals surface area contributed by atoms with Gasteiger partial charge in [-0.1, -0.05) is 63.2 Å². The number of unbranched alkanes of at least 4 members (excludes halogenated alkanes) is 1. The van der Waals surface area contributed by atoms with Crippen molar-refractivity contribution in [2.24, 2.45) is 17.1 Å². The highest BCUT2D eigenvalue weighted by molar-refractivity contribution is 7.93. The number of esters is 1. The van der Waals surface area contributed by atoms with Gasteiger partial charge in [0.2, 0.25) is 11.8 Å². The molecule has 0 aliphatic carbocycles. The Labute approximate surface area is 441 Å². The second-order valence-corrected chi connectivity index (χ2v) is 21.7. The number of benzene rings is 3. The summed E-state index contributed by atoms with van der Waals surface area (Å²) in [6.07, 6.45) is 4.10. The summed E-state index contributed by atoms with van der Waals surface area (Å²) in [5.41, 5.74) is 10.4. The van der Waals surface area contributed by atoms with Gasteiger partial charge in [-0.2, -0.15) is 13.9 Å². The van der Waals surface area contributed by atoms with E-state index in [0.29, 0.717) is 50.8 Å². The van der Waals surface area contributed by atoms with Gasteiger partial charge in [0.25, 0.3) is 15.9 Å². The maximum Gasteiger partial charge on any atom is 0.355 e. The molecule has 18 nitrogen and oxygen atoms in total. The smallest absolute Gasteiger partial charge is 0.355 e. The number of nitrogens with two attached hydrogens (primary N) is 1. The zero-order chi connectivity index (χ0) is 54.7. The molecule has 6 N–H and O–H groups in total. The number of H-pyrrole nitrogens is 1. The highest BCUT2D eigenvalue weighted by atomic mass is 32.2. The summed E-state index contributed by atoms with van der Waals surface area (Å²) in [7, 11) is -5.12. The fourth-order valence-corrected chi connectivity index (χ4v) is 9.98. The Morgan fingerprint density at radius 1 is 0.934 bits per heavy atom. The van der Waals surface area contributed by atoms with Gasteiger partial charge in [-0.05, 0) is 97.5 Å². The van der Waals surface area contributed by atoms with Gasteiger partial charge in [-0.25, -0.2) is 27.6 Å². The first kappa shape index (κ1) is 56.1. The molecule has 7 rings (SSSR count). The molecule has 1 saturated heterocycles. The highest BCUT2D eigenvalue weighted by Crippen LogP contribution is 2.37. The fraction of sp³-hybridized carbons (Fsp3) is 0.358. The van der Waals surface area contributed by atoms with Crippen molar-refractivity contribution >= 4 is 68.2 Å². The van der Waals surface area contributed by atoms with Crippen LogP contribution in [0.25, 0.3) is 21.7 Å². The van der Waals surface area contributed by atoms with Crippen LogP contribution in [-0.4, -0.2) is 87.9 Å². The van der Waals surface area contributed by atoms with E-state index in [-0.39, 0.29) is 89.1 Å². The number of ketones is 1. The number of likely N-dealkylation sites (tertiary alicyclic amines) is 1. The number of aryl methyl sites for hydroxylation is 1. The van der Waals surface area contributed by atoms with Crippen LogP contribution in [0, 0.1) is 24.1 Å². The number of carbonyl (C=O) groups excluding carboxylic acids is 5. The monoisotopic (exact) mass is 1090 g/mol. The lowest BCUT2D eigenvalue weighted by molar-refractivity contribution is -0.145. The van der Waals surface area contributed by atoms with Crippen LogP contribution in [0.1, 0.15) is 103 Å². The number of alkyl halides is 2. The van der Waals surface area contributed by atoms with E-state index in [9.17, 15) is 45.6 Å². The lowest BCUT2D eigenvalue weighted by atomic mass is 9.76. The number of sulfonamides is 1. The fourth-order valence-electron chi connectivity index (χ4n) is 8.61. The third kappa shape index (κ3) is 14.4. The van der Waals surface area contributed by atoms with Crippen molar-refractivity contribution in [1.82, 2.24) is 30.4 Å². The number of hydrogen-bond acceptors (Lipinski definition) is 14. The summed E-state index contributed by atoms with van der Waals surface area (Å²) >= 11 is 1.58. The quantitative estimate of drug-likeness (QED) is 0.0280. The number of nitrogens with zero attached hydrogens (tertiary/aromatic N) is 4. The second kappa shape index (κ2) is 24.8. The summed E-state index contributed by atoms with van der Waals surface area (Å²) in [6, 6.07) is 19.2. The van der Waals surface area contributed by atoms with E-state index in [1.807, 2.05) is 57.5 Å². The Kier molecular flexibility index (Phi) is 18.3. The first-order chi connectivity index (χ1) is 36.2. The van der Waals surface area contributed by atoms with Gasteiger partial charge in [0, 0.05) is 43.6 Å². The van der Waals surface area contributed by atoms with Crippen LogP contribution in [0.3, 0.4) is 0 Å². The highest BCUT2D eigenvalue weighted by Gasteiger charge is 2.41. The first-order valence-corrected chi connectivity index (χ1v) is 26.8. The first-order valence-electron chi connectivity index (χ1n) is 24.4. The SMILES string of the molecule is Cc1ncsc1-c1ccc(CNC(=O)[C@@H]2CCCN2C(=O)[C@@H](CCC(=O)CCCCOC(=O)c2ccc(Nc3n[nH]c(-c4ccc(NS(=O)(=O)C(F)F)c(OCc5ccc(F)cc5)c4)c3C(N)=O)nc2)C(C)(C)C)cc1. The molecular formula is C53H58F3N9O9S2. The number of pyridine rings is 1. The molecule has 2 atom stereocenters. The van der Waals surface area contributed by atoms with E-state index in [4.69, 9.17) is 15.2 Å². The van der Waals surface area contributed by atoms with Gasteiger partial charge in [-0.3, -0.25) is 29.0 Å². The number of amides is 3. The number of carbonyl (C=O) groups is 5. The molecule has 0 radical (unpaired) electrons. The molecule has 1 aliphatic heterocycles. The molecule has 3 aromatic heterocycles.